The van der Waals surface area contributed by atoms with Crippen molar-refractivity contribution < 1.29 is 14.1 Å². The van der Waals surface area contributed by atoms with Crippen molar-refractivity contribution in [3.8, 4) is 0 Å². The molecule has 2 fully saturated rings. The van der Waals surface area contributed by atoms with Gasteiger partial charge >= 0.3 is 7.12 Å². The Balaban J connectivity index is 1.75. The van der Waals surface area contributed by atoms with Gasteiger partial charge in [0.25, 0.3) is 0 Å². The second-order valence-corrected chi connectivity index (χ2v) is 8.20. The van der Waals surface area contributed by atoms with Gasteiger partial charge in [0, 0.05) is 38.8 Å². The summed E-state index contributed by atoms with van der Waals surface area (Å²) in [6, 6.07) is 8.68. The van der Waals surface area contributed by atoms with E-state index in [0.29, 0.717) is 6.04 Å². The molecule has 0 aliphatic carbocycles. The molecule has 2 heterocycles. The molecule has 2 aliphatic rings. The van der Waals surface area contributed by atoms with Crippen LogP contribution < -0.4 is 10.4 Å². The van der Waals surface area contributed by atoms with Crippen LogP contribution in [0.1, 0.15) is 41.0 Å². The van der Waals surface area contributed by atoms with Crippen molar-refractivity contribution in [3.05, 3.63) is 24.3 Å². The fraction of sp³-hybridized carbons (Fsp3) is 0.632. The van der Waals surface area contributed by atoms with E-state index in [-0.39, 0.29) is 24.2 Å². The molecule has 0 aromatic heterocycles. The maximum Gasteiger partial charge on any atom is 0.494 e. The molecule has 6 heteroatoms. The quantitative estimate of drug-likeness (QED) is 0.787. The lowest BCUT2D eigenvalue weighted by atomic mass is 9.79. The first kappa shape index (κ1) is 18.3. The van der Waals surface area contributed by atoms with Crippen molar-refractivity contribution in [2.45, 2.75) is 58.3 Å². The molecule has 0 unspecified atom stereocenters. The number of likely N-dealkylation sites (N-methyl/N-ethyl adjacent to an activating group) is 1. The molecule has 2 saturated heterocycles. The Bertz CT molecular complexity index is 646. The largest absolute Gasteiger partial charge is 0.494 e. The first-order valence-corrected chi connectivity index (χ1v) is 9.05. The third-order valence-electron chi connectivity index (χ3n) is 5.96. The maximum atomic E-state index is 11.6. The highest BCUT2D eigenvalue weighted by Gasteiger charge is 2.51. The SMILES string of the molecule is CC(=O)N1CC[C@@H](N(C)c2cccc(B3OC(C)(C)C(C)(C)O3)c2)C1. The fourth-order valence-electron chi connectivity index (χ4n) is 3.42. The first-order chi connectivity index (χ1) is 11.6. The fourth-order valence-corrected chi connectivity index (χ4v) is 3.42. The molecule has 25 heavy (non-hydrogen) atoms. The maximum absolute atomic E-state index is 11.6. The number of amides is 1. The predicted molar refractivity (Wildman–Crippen MR) is 101 cm³/mol. The van der Waals surface area contributed by atoms with E-state index in [1.165, 1.54) is 0 Å². The summed E-state index contributed by atoms with van der Waals surface area (Å²) >= 11 is 0. The molecular formula is C19H29BN2O3. The van der Waals surface area contributed by atoms with E-state index in [1.54, 1.807) is 6.92 Å². The van der Waals surface area contributed by atoms with Crippen molar-refractivity contribution in [1.29, 1.82) is 0 Å². The molecule has 3 rings (SSSR count). The van der Waals surface area contributed by atoms with Crippen LogP contribution in [0.3, 0.4) is 0 Å². The zero-order valence-electron chi connectivity index (χ0n) is 16.2. The Morgan fingerprint density at radius 2 is 1.88 bits per heavy atom. The zero-order chi connectivity index (χ0) is 18.4. The summed E-state index contributed by atoms with van der Waals surface area (Å²) < 4.78 is 12.3. The van der Waals surface area contributed by atoms with E-state index in [2.05, 4.69) is 57.8 Å². The minimum Gasteiger partial charge on any atom is -0.399 e. The van der Waals surface area contributed by atoms with Crippen LogP contribution in [0.15, 0.2) is 24.3 Å². The molecule has 0 spiro atoms. The van der Waals surface area contributed by atoms with Gasteiger partial charge in [0.1, 0.15) is 0 Å². The Morgan fingerprint density at radius 1 is 1.24 bits per heavy atom. The summed E-state index contributed by atoms with van der Waals surface area (Å²) in [7, 11) is 1.74. The molecule has 0 N–H and O–H groups in total. The number of hydrogen-bond acceptors (Lipinski definition) is 4. The van der Waals surface area contributed by atoms with Crippen LogP contribution in [-0.2, 0) is 14.1 Å². The predicted octanol–water partition coefficient (Wildman–Crippen LogP) is 2.04. The van der Waals surface area contributed by atoms with Gasteiger partial charge in [-0.15, -0.1) is 0 Å². The number of anilines is 1. The van der Waals surface area contributed by atoms with Gasteiger partial charge in [0.05, 0.1) is 11.2 Å². The van der Waals surface area contributed by atoms with Crippen LogP contribution in [-0.4, -0.2) is 55.3 Å². The highest BCUT2D eigenvalue weighted by Crippen LogP contribution is 2.36. The van der Waals surface area contributed by atoms with Crippen molar-refractivity contribution in [2.75, 3.05) is 25.0 Å². The van der Waals surface area contributed by atoms with Gasteiger partial charge in [-0.3, -0.25) is 4.79 Å². The Morgan fingerprint density at radius 3 is 2.44 bits per heavy atom. The lowest BCUT2D eigenvalue weighted by Crippen LogP contribution is -2.41. The van der Waals surface area contributed by atoms with Gasteiger partial charge in [-0.2, -0.15) is 0 Å². The van der Waals surface area contributed by atoms with Crippen molar-refractivity contribution >= 4 is 24.2 Å². The summed E-state index contributed by atoms with van der Waals surface area (Å²) in [4.78, 5) is 15.8. The molecule has 1 amide bonds. The van der Waals surface area contributed by atoms with E-state index in [4.69, 9.17) is 9.31 Å². The minimum absolute atomic E-state index is 0.155. The summed E-state index contributed by atoms with van der Waals surface area (Å²) in [5, 5.41) is 0. The highest BCUT2D eigenvalue weighted by atomic mass is 16.7. The average Bonchev–Trinajstić information content (AvgIpc) is 3.10. The number of carbonyl (C=O) groups is 1. The van der Waals surface area contributed by atoms with Gasteiger partial charge in [-0.05, 0) is 51.7 Å². The molecule has 5 nitrogen and oxygen atoms in total. The second-order valence-electron chi connectivity index (χ2n) is 8.20. The molecule has 0 bridgehead atoms. The van der Waals surface area contributed by atoms with E-state index in [0.717, 1.165) is 30.7 Å². The molecular weight excluding hydrogens is 315 g/mol. The molecule has 0 radical (unpaired) electrons. The number of likely N-dealkylation sites (tertiary alicyclic amines) is 1. The van der Waals surface area contributed by atoms with Crippen molar-refractivity contribution in [2.24, 2.45) is 0 Å². The summed E-state index contributed by atoms with van der Waals surface area (Å²) in [5.74, 6) is 0.155. The number of carbonyl (C=O) groups excluding carboxylic acids is 1. The number of nitrogens with zero attached hydrogens (tertiary/aromatic N) is 2. The Kier molecular flexibility index (Phi) is 4.62. The van der Waals surface area contributed by atoms with E-state index in [1.807, 2.05) is 11.0 Å². The summed E-state index contributed by atoms with van der Waals surface area (Å²) in [6.07, 6.45) is 0.997. The van der Waals surface area contributed by atoms with Crippen LogP contribution in [0.25, 0.3) is 0 Å². The zero-order valence-corrected chi connectivity index (χ0v) is 16.2. The highest BCUT2D eigenvalue weighted by molar-refractivity contribution is 6.62. The van der Waals surface area contributed by atoms with E-state index < -0.39 is 0 Å². The monoisotopic (exact) mass is 344 g/mol. The normalized spacial score (nSPS) is 24.6. The summed E-state index contributed by atoms with van der Waals surface area (Å²) in [6.45, 7) is 11.5. The second kappa shape index (κ2) is 6.33. The van der Waals surface area contributed by atoms with Gasteiger partial charge in [-0.25, -0.2) is 0 Å². The molecule has 136 valence electrons. The molecule has 1 aromatic rings. The standard InChI is InChI=1S/C19H29BN2O3/c1-14(23)22-11-10-17(13-22)21(6)16-9-7-8-15(12-16)20-24-18(2,3)19(4,5)25-20/h7-9,12,17H,10-11,13H2,1-6H3/t17-/m1/s1. The van der Waals surface area contributed by atoms with Gasteiger partial charge in [0.15, 0.2) is 0 Å². The topological polar surface area (TPSA) is 42.0 Å². The number of hydrogen-bond donors (Lipinski definition) is 0. The van der Waals surface area contributed by atoms with Crippen molar-refractivity contribution in [3.63, 3.8) is 0 Å². The molecule has 2 aliphatic heterocycles. The van der Waals surface area contributed by atoms with Crippen LogP contribution in [0.5, 0.6) is 0 Å². The van der Waals surface area contributed by atoms with Crippen LogP contribution in [0, 0.1) is 0 Å². The first-order valence-electron chi connectivity index (χ1n) is 9.05. The lowest BCUT2D eigenvalue weighted by molar-refractivity contribution is -0.127. The van der Waals surface area contributed by atoms with Gasteiger partial charge in [0.2, 0.25) is 5.91 Å². The Hall–Kier alpha value is -1.53. The smallest absolute Gasteiger partial charge is 0.399 e. The summed E-state index contributed by atoms with van der Waals surface area (Å²) in [5.41, 5.74) is 1.48. The van der Waals surface area contributed by atoms with Gasteiger partial charge in [-0.1, -0.05) is 12.1 Å². The van der Waals surface area contributed by atoms with E-state index in [9.17, 15) is 4.79 Å². The minimum atomic E-state index is -0.351. The van der Waals surface area contributed by atoms with Gasteiger partial charge < -0.3 is 19.1 Å². The molecule has 1 atom stereocenters. The third-order valence-corrected chi connectivity index (χ3v) is 5.96. The Labute approximate surface area is 151 Å². The van der Waals surface area contributed by atoms with Crippen molar-refractivity contribution in [1.82, 2.24) is 4.90 Å². The number of benzene rings is 1. The molecule has 0 saturated carbocycles. The molecule has 1 aromatic carbocycles. The third kappa shape index (κ3) is 3.42. The van der Waals surface area contributed by atoms with Crippen LogP contribution in [0.4, 0.5) is 5.69 Å². The van der Waals surface area contributed by atoms with Crippen LogP contribution >= 0.6 is 0 Å². The van der Waals surface area contributed by atoms with Crippen LogP contribution in [0.2, 0.25) is 0 Å². The lowest BCUT2D eigenvalue weighted by Gasteiger charge is -2.32. The average molecular weight is 344 g/mol. The number of rotatable bonds is 3. The van der Waals surface area contributed by atoms with E-state index >= 15 is 0 Å².